The summed E-state index contributed by atoms with van der Waals surface area (Å²) in [5.41, 5.74) is 10.8. The van der Waals surface area contributed by atoms with Gasteiger partial charge in [0.2, 0.25) is 0 Å². The second-order valence-electron chi connectivity index (χ2n) is 26.5. The second-order valence-corrected chi connectivity index (χ2v) is 49.0. The number of aromatic amines is 2. The molecule has 2 N–H and O–H groups in total. The van der Waals surface area contributed by atoms with Gasteiger partial charge in [-0.15, -0.1) is 0 Å². The predicted molar refractivity (Wildman–Crippen MR) is 354 cm³/mol. The molecule has 0 aliphatic carbocycles. The van der Waals surface area contributed by atoms with Crippen molar-refractivity contribution in [2.45, 2.75) is 103 Å². The molecular weight excluding hydrogens is 1110 g/mol. The molecule has 0 amide bonds. The van der Waals surface area contributed by atoms with Gasteiger partial charge in [-0.25, -0.2) is 29.1 Å². The van der Waals surface area contributed by atoms with Gasteiger partial charge < -0.3 is 28.9 Å². The van der Waals surface area contributed by atoms with Crippen LogP contribution in [-0.2, 0) is 18.9 Å². The summed E-state index contributed by atoms with van der Waals surface area (Å²) in [7, 11) is -6.23. The molecule has 0 spiro atoms. The van der Waals surface area contributed by atoms with Crippen molar-refractivity contribution in [3.05, 3.63) is 166 Å². The Labute approximate surface area is 497 Å². The van der Waals surface area contributed by atoms with E-state index in [0.29, 0.717) is 138 Å². The molecule has 9 rings (SSSR count). The SMILES string of the molecule is C[Si](C)(C)CCOC(=O)c1ccccc1-c1c2nc(c(-c3ccccc3C(=O)OCC[Si](C)(C)C)c3ccc([nH]3)c(-c3ccccc3C(=O)OCC[Si](C)(C)C)c3nc(c(-c4ccccc4C(=O)OCC[Si](C)(C)C)c4ccc1[nH]4)C=C3)C=C2. The number of hydrogen-bond acceptors (Lipinski definition) is 10. The molecule has 12 nitrogen and oxygen atoms in total. The van der Waals surface area contributed by atoms with Gasteiger partial charge in [-0.3, -0.25) is 0 Å². The molecule has 0 unspecified atom stereocenters. The average molecular weight is 1190 g/mol. The summed E-state index contributed by atoms with van der Waals surface area (Å²) in [5, 5.41) is 0. The van der Waals surface area contributed by atoms with E-state index in [0.717, 1.165) is 24.2 Å². The van der Waals surface area contributed by atoms with E-state index >= 15 is 0 Å². The zero-order valence-corrected chi connectivity index (χ0v) is 54.7. The Balaban J connectivity index is 1.40. The Bertz CT molecular complexity index is 3410. The van der Waals surface area contributed by atoms with Crippen molar-refractivity contribution in [3.63, 3.8) is 0 Å². The summed E-state index contributed by atoms with van der Waals surface area (Å²) in [6, 6.07) is 40.7. The molecule has 0 saturated heterocycles. The van der Waals surface area contributed by atoms with Crippen LogP contribution in [0.4, 0.5) is 0 Å². The maximum Gasteiger partial charge on any atom is 0.338 e. The largest absolute Gasteiger partial charge is 0.462 e. The highest BCUT2D eigenvalue weighted by atomic mass is 28.3. The van der Waals surface area contributed by atoms with Crippen LogP contribution in [0.25, 0.3) is 90.9 Å². The highest BCUT2D eigenvalue weighted by Crippen LogP contribution is 2.41. The summed E-state index contributed by atoms with van der Waals surface area (Å²) >= 11 is 0. The molecule has 2 aliphatic heterocycles. The maximum atomic E-state index is 14.4. The minimum Gasteiger partial charge on any atom is -0.462 e. The number of ether oxygens (including phenoxy) is 4. The standard InChI is InChI=1S/C68H78N4O8Si4/c1-81(2,3)41-37-77-65(73)49-25-17-13-21-45(49)61-53-29-31-55(69-53)62(46-22-14-18-26-50(46)66(74)78-38-42-82(4,5)6)57-33-35-59(71-57)64(48-24-16-20-28-52(48)68(76)80-40-44-84(10,11)12)60-36-34-58(72-60)63(56-32-30-54(61)70-56)47-23-15-19-27-51(47)67(75)79-39-43-83(7,8)9/h13-36,69,72H,37-44H2,1-12H3. The summed E-state index contributed by atoms with van der Waals surface area (Å²) in [6.45, 7) is 28.2. The van der Waals surface area contributed by atoms with Crippen LogP contribution in [0.15, 0.2) is 121 Å². The van der Waals surface area contributed by atoms with Crippen molar-refractivity contribution < 1.29 is 38.1 Å². The zero-order chi connectivity index (χ0) is 60.1. The first-order valence-corrected chi connectivity index (χ1v) is 43.9. The van der Waals surface area contributed by atoms with E-state index in [2.05, 4.69) is 88.5 Å². The first-order valence-electron chi connectivity index (χ1n) is 29.0. The normalized spacial score (nSPS) is 12.5. The van der Waals surface area contributed by atoms with Crippen LogP contribution >= 0.6 is 0 Å². The van der Waals surface area contributed by atoms with E-state index in [-0.39, 0.29) is 0 Å². The molecule has 4 aromatic carbocycles. The van der Waals surface area contributed by atoms with E-state index < -0.39 is 56.2 Å². The number of nitrogens with zero attached hydrogens (tertiary/aromatic N) is 2. The Kier molecular flexibility index (Phi) is 18.2. The highest BCUT2D eigenvalue weighted by molar-refractivity contribution is 6.77. The van der Waals surface area contributed by atoms with Gasteiger partial charge in [0.05, 0.1) is 71.5 Å². The number of aromatic nitrogens is 4. The van der Waals surface area contributed by atoms with E-state index in [1.165, 1.54) is 0 Å². The van der Waals surface area contributed by atoms with Crippen LogP contribution in [0.1, 0.15) is 64.2 Å². The minimum absolute atomic E-state index is 0.292. The fourth-order valence-corrected chi connectivity index (χ4v) is 12.8. The summed E-state index contributed by atoms with van der Waals surface area (Å²) in [4.78, 5) is 76.2. The van der Waals surface area contributed by atoms with Gasteiger partial charge in [0.25, 0.3) is 0 Å². The van der Waals surface area contributed by atoms with Crippen molar-refractivity contribution in [2.75, 3.05) is 26.4 Å². The average Bonchev–Trinajstić information content (AvgIpc) is 2.79. The van der Waals surface area contributed by atoms with Gasteiger partial charge in [0, 0.05) is 98.9 Å². The number of benzene rings is 4. The quantitative estimate of drug-likeness (QED) is 0.0427. The van der Waals surface area contributed by atoms with Gasteiger partial charge in [-0.1, -0.05) is 151 Å². The monoisotopic (exact) mass is 1190 g/mol. The molecule has 434 valence electrons. The topological polar surface area (TPSA) is 163 Å². The van der Waals surface area contributed by atoms with E-state index in [4.69, 9.17) is 28.9 Å². The van der Waals surface area contributed by atoms with Crippen LogP contribution in [-0.4, -0.2) is 103 Å². The first-order chi connectivity index (χ1) is 39.8. The lowest BCUT2D eigenvalue weighted by Gasteiger charge is -2.16. The van der Waals surface area contributed by atoms with Crippen LogP contribution in [0.2, 0.25) is 103 Å². The molecule has 5 heterocycles. The molecule has 8 bridgehead atoms. The number of hydrogen-bond donors (Lipinski definition) is 2. The fourth-order valence-electron chi connectivity index (χ4n) is 9.97. The number of H-pyrrole nitrogens is 2. The first kappa shape index (κ1) is 60.8. The maximum absolute atomic E-state index is 14.4. The van der Waals surface area contributed by atoms with Crippen molar-refractivity contribution in [1.82, 2.24) is 19.9 Å². The number of carbonyl (C=O) groups excluding carboxylic acids is 4. The molecule has 2 aliphatic rings. The van der Waals surface area contributed by atoms with Crippen molar-refractivity contribution in [2.24, 2.45) is 0 Å². The smallest absolute Gasteiger partial charge is 0.338 e. The Morgan fingerprint density at radius 1 is 0.321 bits per heavy atom. The number of rotatable bonds is 20. The molecule has 0 saturated carbocycles. The molecular formula is C68H78N4O8Si4. The summed E-state index contributed by atoms with van der Waals surface area (Å²) < 4.78 is 24.2. The third-order valence-corrected chi connectivity index (χ3v) is 21.6. The molecule has 84 heavy (non-hydrogen) atoms. The van der Waals surface area contributed by atoms with Crippen molar-refractivity contribution >= 4 is 103 Å². The van der Waals surface area contributed by atoms with Gasteiger partial charge in [-0.2, -0.15) is 0 Å². The van der Waals surface area contributed by atoms with E-state index in [1.54, 1.807) is 24.3 Å². The van der Waals surface area contributed by atoms with Crippen LogP contribution < -0.4 is 0 Å². The number of fused-ring (bicyclic) bond motifs is 8. The fraction of sp³-hybridized carbons (Fsp3) is 0.294. The van der Waals surface area contributed by atoms with Crippen LogP contribution in [0, 0.1) is 0 Å². The third-order valence-electron chi connectivity index (χ3n) is 14.8. The second kappa shape index (κ2) is 25.2. The predicted octanol–water partition coefficient (Wildman–Crippen LogP) is 17.3. The number of carbonyl (C=O) groups is 4. The molecule has 0 fully saturated rings. The van der Waals surface area contributed by atoms with E-state index in [9.17, 15) is 19.2 Å². The van der Waals surface area contributed by atoms with Crippen molar-refractivity contribution in [1.29, 1.82) is 0 Å². The summed E-state index contributed by atoms with van der Waals surface area (Å²) in [5.74, 6) is -1.81. The lowest BCUT2D eigenvalue weighted by atomic mass is 9.98. The Morgan fingerprint density at radius 3 is 0.726 bits per heavy atom. The lowest BCUT2D eigenvalue weighted by Crippen LogP contribution is -2.22. The molecule has 0 atom stereocenters. The van der Waals surface area contributed by atoms with Gasteiger partial charge in [-0.05, 0) is 97.0 Å². The molecule has 3 aromatic heterocycles. The zero-order valence-electron chi connectivity index (χ0n) is 50.7. The Morgan fingerprint density at radius 2 is 0.524 bits per heavy atom. The lowest BCUT2D eigenvalue weighted by molar-refractivity contribution is 0.0516. The van der Waals surface area contributed by atoms with Crippen LogP contribution in [0.5, 0.6) is 0 Å². The minimum atomic E-state index is -1.56. The van der Waals surface area contributed by atoms with Gasteiger partial charge >= 0.3 is 23.9 Å². The molecule has 0 radical (unpaired) electrons. The van der Waals surface area contributed by atoms with Crippen LogP contribution in [0.3, 0.4) is 0 Å². The number of esters is 4. The van der Waals surface area contributed by atoms with Gasteiger partial charge in [0.1, 0.15) is 0 Å². The molecule has 7 aromatic rings. The van der Waals surface area contributed by atoms with Crippen molar-refractivity contribution in [3.8, 4) is 44.5 Å². The number of nitrogens with one attached hydrogen (secondary N) is 2. The van der Waals surface area contributed by atoms with Gasteiger partial charge in [0.15, 0.2) is 0 Å². The van der Waals surface area contributed by atoms with E-state index in [1.807, 2.05) is 121 Å². The summed E-state index contributed by atoms with van der Waals surface area (Å²) in [6.07, 6.45) is 7.71. The third kappa shape index (κ3) is 14.8. The Hall–Kier alpha value is -7.77. The highest BCUT2D eigenvalue weighted by Gasteiger charge is 2.28. The molecule has 16 heteroatoms.